The summed E-state index contributed by atoms with van der Waals surface area (Å²) in [6, 6.07) is 6.02. The minimum absolute atomic E-state index is 0.0710. The molecule has 0 aliphatic rings. The first-order valence-corrected chi connectivity index (χ1v) is 6.87. The van der Waals surface area contributed by atoms with Crippen molar-refractivity contribution in [3.8, 4) is 5.75 Å². The lowest BCUT2D eigenvalue weighted by Gasteiger charge is -2.11. The first-order valence-electron chi connectivity index (χ1n) is 5.55. The topological polar surface area (TPSA) is 69.6 Å². The molecule has 0 spiro atoms. The van der Waals surface area contributed by atoms with Gasteiger partial charge in [0.15, 0.2) is 0 Å². The van der Waals surface area contributed by atoms with Crippen LogP contribution in [0.2, 0.25) is 5.02 Å². The van der Waals surface area contributed by atoms with E-state index in [1.54, 1.807) is 6.07 Å². The van der Waals surface area contributed by atoms with E-state index in [4.69, 9.17) is 11.6 Å². The third kappa shape index (κ3) is 3.47. The molecule has 0 aliphatic carbocycles. The lowest BCUT2D eigenvalue weighted by Crippen LogP contribution is -2.28. The van der Waals surface area contributed by atoms with Crippen molar-refractivity contribution in [2.75, 3.05) is 6.54 Å². The largest absolute Gasteiger partial charge is 0.507 e. The molecular formula is C13H12ClNO3S. The fourth-order valence-corrected chi connectivity index (χ4v) is 2.44. The van der Waals surface area contributed by atoms with Gasteiger partial charge in [-0.1, -0.05) is 11.6 Å². The minimum Gasteiger partial charge on any atom is -0.507 e. The lowest BCUT2D eigenvalue weighted by molar-refractivity contribution is 0.0914. The summed E-state index contributed by atoms with van der Waals surface area (Å²) in [7, 11) is 0. The lowest BCUT2D eigenvalue weighted by atomic mass is 10.1. The number of rotatable bonds is 4. The number of hydrogen-bond donors (Lipinski definition) is 3. The van der Waals surface area contributed by atoms with Crippen molar-refractivity contribution in [1.29, 1.82) is 0 Å². The van der Waals surface area contributed by atoms with E-state index in [0.29, 0.717) is 5.02 Å². The molecular weight excluding hydrogens is 286 g/mol. The summed E-state index contributed by atoms with van der Waals surface area (Å²) < 4.78 is 0. The zero-order valence-electron chi connectivity index (χ0n) is 9.84. The summed E-state index contributed by atoms with van der Waals surface area (Å²) in [6.45, 7) is 0.0710. The maximum atomic E-state index is 11.9. The average molecular weight is 298 g/mol. The van der Waals surface area contributed by atoms with Crippen molar-refractivity contribution in [3.05, 3.63) is 51.2 Å². The second-order valence-electron chi connectivity index (χ2n) is 3.94. The highest BCUT2D eigenvalue weighted by Crippen LogP contribution is 2.21. The van der Waals surface area contributed by atoms with Crippen LogP contribution in [-0.4, -0.2) is 22.7 Å². The maximum Gasteiger partial charge on any atom is 0.255 e. The SMILES string of the molecule is O=C(NCC(O)c1ccsc1)c1cc(Cl)ccc1O. The van der Waals surface area contributed by atoms with Crippen LogP contribution in [0.25, 0.3) is 0 Å². The van der Waals surface area contributed by atoms with Crippen LogP contribution in [0.3, 0.4) is 0 Å². The summed E-state index contributed by atoms with van der Waals surface area (Å²) in [6.07, 6.45) is -0.767. The first-order chi connectivity index (χ1) is 9.08. The molecule has 1 unspecified atom stereocenters. The molecule has 1 aromatic carbocycles. The van der Waals surface area contributed by atoms with Gasteiger partial charge in [-0.05, 0) is 40.6 Å². The molecule has 0 radical (unpaired) electrons. The Morgan fingerprint density at radius 2 is 2.21 bits per heavy atom. The van der Waals surface area contributed by atoms with Gasteiger partial charge in [0.05, 0.1) is 11.7 Å². The predicted octanol–water partition coefficient (Wildman–Crippen LogP) is 2.57. The number of halogens is 1. The van der Waals surface area contributed by atoms with Gasteiger partial charge in [-0.25, -0.2) is 0 Å². The minimum atomic E-state index is -0.767. The number of aliphatic hydroxyl groups excluding tert-OH is 1. The van der Waals surface area contributed by atoms with E-state index in [9.17, 15) is 15.0 Å². The van der Waals surface area contributed by atoms with E-state index in [2.05, 4.69) is 5.32 Å². The first kappa shape index (κ1) is 13.9. The van der Waals surface area contributed by atoms with E-state index in [1.165, 1.54) is 29.5 Å². The third-order valence-corrected chi connectivity index (χ3v) is 3.52. The van der Waals surface area contributed by atoms with Crippen molar-refractivity contribution >= 4 is 28.8 Å². The molecule has 2 rings (SSSR count). The number of amides is 1. The van der Waals surface area contributed by atoms with Gasteiger partial charge in [-0.3, -0.25) is 4.79 Å². The molecule has 19 heavy (non-hydrogen) atoms. The van der Waals surface area contributed by atoms with Gasteiger partial charge in [0.25, 0.3) is 5.91 Å². The second kappa shape index (κ2) is 6.06. The Bertz CT molecular complexity index is 571. The van der Waals surface area contributed by atoms with Crippen LogP contribution in [0, 0.1) is 0 Å². The smallest absolute Gasteiger partial charge is 0.255 e. The Labute approximate surface area is 119 Å². The summed E-state index contributed by atoms with van der Waals surface area (Å²) in [5.74, 6) is -0.624. The summed E-state index contributed by atoms with van der Waals surface area (Å²) in [4.78, 5) is 11.9. The number of carbonyl (C=O) groups excluding carboxylic acids is 1. The van der Waals surface area contributed by atoms with Crippen molar-refractivity contribution in [2.24, 2.45) is 0 Å². The highest BCUT2D eigenvalue weighted by molar-refractivity contribution is 7.07. The number of carbonyl (C=O) groups is 1. The van der Waals surface area contributed by atoms with Crippen molar-refractivity contribution in [3.63, 3.8) is 0 Å². The van der Waals surface area contributed by atoms with Crippen LogP contribution in [0.15, 0.2) is 35.0 Å². The van der Waals surface area contributed by atoms with Gasteiger partial charge in [-0.15, -0.1) is 0 Å². The van der Waals surface area contributed by atoms with Gasteiger partial charge in [0.1, 0.15) is 5.75 Å². The number of benzene rings is 1. The van der Waals surface area contributed by atoms with E-state index >= 15 is 0 Å². The Hall–Kier alpha value is -1.56. The van der Waals surface area contributed by atoms with Gasteiger partial charge in [-0.2, -0.15) is 11.3 Å². The summed E-state index contributed by atoms with van der Waals surface area (Å²) in [5.41, 5.74) is 0.839. The molecule has 1 amide bonds. The molecule has 0 saturated heterocycles. The number of phenolic OH excluding ortho intramolecular Hbond substituents is 1. The molecule has 100 valence electrons. The molecule has 2 aromatic rings. The Morgan fingerprint density at radius 3 is 2.89 bits per heavy atom. The molecule has 1 aromatic heterocycles. The van der Waals surface area contributed by atoms with E-state index in [-0.39, 0.29) is 17.9 Å². The van der Waals surface area contributed by atoms with Crippen LogP contribution in [0.5, 0.6) is 5.75 Å². The molecule has 0 bridgehead atoms. The van der Waals surface area contributed by atoms with Crippen molar-refractivity contribution < 1.29 is 15.0 Å². The number of hydrogen-bond acceptors (Lipinski definition) is 4. The van der Waals surface area contributed by atoms with Gasteiger partial charge < -0.3 is 15.5 Å². The molecule has 6 heteroatoms. The molecule has 1 atom stereocenters. The van der Waals surface area contributed by atoms with Crippen LogP contribution in [0.1, 0.15) is 22.0 Å². The maximum absolute atomic E-state index is 11.9. The Kier molecular flexibility index (Phi) is 4.42. The van der Waals surface area contributed by atoms with Crippen LogP contribution >= 0.6 is 22.9 Å². The Balaban J connectivity index is 2.00. The molecule has 1 heterocycles. The average Bonchev–Trinajstić information content (AvgIpc) is 2.92. The van der Waals surface area contributed by atoms with Crippen LogP contribution in [0.4, 0.5) is 0 Å². The summed E-state index contributed by atoms with van der Waals surface area (Å²) in [5, 5.41) is 26.0. The zero-order chi connectivity index (χ0) is 13.8. The second-order valence-corrected chi connectivity index (χ2v) is 5.16. The fourth-order valence-electron chi connectivity index (χ4n) is 1.56. The standard InChI is InChI=1S/C13H12ClNO3S/c14-9-1-2-11(16)10(5-9)13(18)15-6-12(17)8-3-4-19-7-8/h1-5,7,12,16-17H,6H2,(H,15,18). The van der Waals surface area contributed by atoms with Crippen molar-refractivity contribution in [1.82, 2.24) is 5.32 Å². The van der Waals surface area contributed by atoms with Crippen molar-refractivity contribution in [2.45, 2.75) is 6.10 Å². The molecule has 4 nitrogen and oxygen atoms in total. The number of aliphatic hydroxyl groups is 1. The molecule has 0 aliphatic heterocycles. The molecule has 0 saturated carbocycles. The Morgan fingerprint density at radius 1 is 1.42 bits per heavy atom. The number of aromatic hydroxyl groups is 1. The highest BCUT2D eigenvalue weighted by Gasteiger charge is 2.14. The van der Waals surface area contributed by atoms with Gasteiger partial charge in [0.2, 0.25) is 0 Å². The third-order valence-electron chi connectivity index (χ3n) is 2.59. The number of phenols is 1. The quantitative estimate of drug-likeness (QED) is 0.812. The van der Waals surface area contributed by atoms with Crippen LogP contribution in [-0.2, 0) is 0 Å². The molecule has 3 N–H and O–H groups in total. The van der Waals surface area contributed by atoms with Gasteiger partial charge >= 0.3 is 0 Å². The monoisotopic (exact) mass is 297 g/mol. The molecule has 0 fully saturated rings. The summed E-state index contributed by atoms with van der Waals surface area (Å²) >= 11 is 7.24. The number of nitrogens with one attached hydrogen (secondary N) is 1. The predicted molar refractivity (Wildman–Crippen MR) is 74.7 cm³/mol. The van der Waals surface area contributed by atoms with E-state index < -0.39 is 12.0 Å². The highest BCUT2D eigenvalue weighted by atomic mass is 35.5. The fraction of sp³-hybridized carbons (Fsp3) is 0.154. The van der Waals surface area contributed by atoms with Gasteiger partial charge in [0, 0.05) is 11.6 Å². The van der Waals surface area contributed by atoms with E-state index in [0.717, 1.165) is 5.56 Å². The van der Waals surface area contributed by atoms with E-state index in [1.807, 2.05) is 10.8 Å². The normalized spacial score (nSPS) is 12.1. The number of thiophene rings is 1. The van der Waals surface area contributed by atoms with Crippen LogP contribution < -0.4 is 5.32 Å². The zero-order valence-corrected chi connectivity index (χ0v) is 11.4.